The zero-order valence-corrected chi connectivity index (χ0v) is 11.0. The van der Waals surface area contributed by atoms with Crippen LogP contribution in [-0.2, 0) is 11.2 Å². The molecule has 1 aliphatic heterocycles. The van der Waals surface area contributed by atoms with E-state index in [-0.39, 0.29) is 5.41 Å². The Morgan fingerprint density at radius 3 is 2.59 bits per heavy atom. The van der Waals surface area contributed by atoms with Gasteiger partial charge in [-0.05, 0) is 56.2 Å². The van der Waals surface area contributed by atoms with Crippen LogP contribution in [-0.4, -0.2) is 19.8 Å². The Morgan fingerprint density at radius 2 is 1.94 bits per heavy atom. The fraction of sp³-hybridized carbons (Fsp3) is 0.600. The lowest BCUT2D eigenvalue weighted by Gasteiger charge is -2.36. The monoisotopic (exact) mass is 233 g/mol. The minimum atomic E-state index is 0.261. The second-order valence-corrected chi connectivity index (χ2v) is 5.42. The highest BCUT2D eigenvalue weighted by Gasteiger charge is 2.31. The minimum absolute atomic E-state index is 0.261. The molecule has 2 nitrogen and oxygen atoms in total. The van der Waals surface area contributed by atoms with Crippen molar-refractivity contribution in [1.82, 2.24) is 0 Å². The van der Waals surface area contributed by atoms with Crippen molar-refractivity contribution in [1.29, 1.82) is 0 Å². The van der Waals surface area contributed by atoms with Crippen LogP contribution < -0.4 is 5.73 Å². The van der Waals surface area contributed by atoms with Gasteiger partial charge in [0.25, 0.3) is 0 Å². The van der Waals surface area contributed by atoms with Crippen molar-refractivity contribution in [3.8, 4) is 0 Å². The highest BCUT2D eigenvalue weighted by molar-refractivity contribution is 5.31. The van der Waals surface area contributed by atoms with Gasteiger partial charge in [0, 0.05) is 13.2 Å². The molecule has 0 saturated carbocycles. The molecule has 0 atom stereocenters. The van der Waals surface area contributed by atoms with E-state index in [4.69, 9.17) is 10.5 Å². The zero-order chi connectivity index (χ0) is 12.3. The van der Waals surface area contributed by atoms with E-state index >= 15 is 0 Å². The molecule has 2 heteroatoms. The maximum atomic E-state index is 6.02. The van der Waals surface area contributed by atoms with Gasteiger partial charge in [-0.3, -0.25) is 0 Å². The van der Waals surface area contributed by atoms with Crippen LogP contribution in [0.3, 0.4) is 0 Å². The van der Waals surface area contributed by atoms with Crippen LogP contribution in [0.1, 0.15) is 29.5 Å². The quantitative estimate of drug-likeness (QED) is 0.871. The van der Waals surface area contributed by atoms with E-state index in [0.29, 0.717) is 0 Å². The Labute approximate surface area is 104 Å². The summed E-state index contributed by atoms with van der Waals surface area (Å²) < 4.78 is 5.46. The molecule has 1 aromatic carbocycles. The van der Waals surface area contributed by atoms with Crippen LogP contribution >= 0.6 is 0 Å². The van der Waals surface area contributed by atoms with Crippen LogP contribution in [0.2, 0.25) is 0 Å². The van der Waals surface area contributed by atoms with Gasteiger partial charge in [0.1, 0.15) is 0 Å². The first-order chi connectivity index (χ1) is 8.15. The standard InChI is InChI=1S/C15H23NO/c1-12-3-4-13(2)14(9-12)10-15(11-16)5-7-17-8-6-15/h3-4,9H,5-8,10-11,16H2,1-2H3. The summed E-state index contributed by atoms with van der Waals surface area (Å²) in [6, 6.07) is 6.70. The van der Waals surface area contributed by atoms with Crippen molar-refractivity contribution in [2.24, 2.45) is 11.1 Å². The van der Waals surface area contributed by atoms with Crippen molar-refractivity contribution in [3.05, 3.63) is 34.9 Å². The second kappa shape index (κ2) is 5.19. The van der Waals surface area contributed by atoms with Gasteiger partial charge in [-0.1, -0.05) is 23.8 Å². The summed E-state index contributed by atoms with van der Waals surface area (Å²) in [7, 11) is 0. The molecular weight excluding hydrogens is 210 g/mol. The molecule has 17 heavy (non-hydrogen) atoms. The number of rotatable bonds is 3. The Balaban J connectivity index is 2.20. The van der Waals surface area contributed by atoms with Crippen LogP contribution in [0.15, 0.2) is 18.2 Å². The first-order valence-corrected chi connectivity index (χ1v) is 6.49. The molecule has 2 N–H and O–H groups in total. The lowest BCUT2D eigenvalue weighted by molar-refractivity contribution is 0.0190. The summed E-state index contributed by atoms with van der Waals surface area (Å²) in [4.78, 5) is 0. The third kappa shape index (κ3) is 2.88. The lowest BCUT2D eigenvalue weighted by Crippen LogP contribution is -2.38. The van der Waals surface area contributed by atoms with Crippen LogP contribution in [0.5, 0.6) is 0 Å². The van der Waals surface area contributed by atoms with Gasteiger partial charge < -0.3 is 10.5 Å². The third-order valence-electron chi connectivity index (χ3n) is 4.06. The molecule has 1 fully saturated rings. The Bertz CT molecular complexity index is 381. The first-order valence-electron chi connectivity index (χ1n) is 6.49. The summed E-state index contributed by atoms with van der Waals surface area (Å²) in [6.07, 6.45) is 3.29. The minimum Gasteiger partial charge on any atom is -0.381 e. The molecule has 94 valence electrons. The van der Waals surface area contributed by atoms with E-state index in [2.05, 4.69) is 32.0 Å². The normalized spacial score (nSPS) is 19.2. The smallest absolute Gasteiger partial charge is 0.0471 e. The number of benzene rings is 1. The van der Waals surface area contributed by atoms with Crippen molar-refractivity contribution in [3.63, 3.8) is 0 Å². The molecule has 0 aromatic heterocycles. The predicted octanol–water partition coefficient (Wildman–Crippen LogP) is 2.60. The van der Waals surface area contributed by atoms with Gasteiger partial charge in [0.2, 0.25) is 0 Å². The third-order valence-corrected chi connectivity index (χ3v) is 4.06. The molecule has 1 aromatic rings. The molecule has 0 bridgehead atoms. The van der Waals surface area contributed by atoms with Crippen molar-refractivity contribution in [2.45, 2.75) is 33.1 Å². The first kappa shape index (κ1) is 12.6. The van der Waals surface area contributed by atoms with E-state index < -0.39 is 0 Å². The molecule has 1 aliphatic rings. The second-order valence-electron chi connectivity index (χ2n) is 5.42. The maximum Gasteiger partial charge on any atom is 0.0471 e. The van der Waals surface area contributed by atoms with Gasteiger partial charge in [-0.2, -0.15) is 0 Å². The summed E-state index contributed by atoms with van der Waals surface area (Å²) in [5.74, 6) is 0. The molecule has 0 unspecified atom stereocenters. The molecule has 0 amide bonds. The van der Waals surface area contributed by atoms with Gasteiger partial charge in [0.15, 0.2) is 0 Å². The maximum absolute atomic E-state index is 6.02. The Hall–Kier alpha value is -0.860. The van der Waals surface area contributed by atoms with Crippen molar-refractivity contribution >= 4 is 0 Å². The van der Waals surface area contributed by atoms with Gasteiger partial charge in [0.05, 0.1) is 0 Å². The molecule has 1 heterocycles. The Kier molecular flexibility index (Phi) is 3.85. The summed E-state index contributed by atoms with van der Waals surface area (Å²) in [5, 5.41) is 0. The van der Waals surface area contributed by atoms with E-state index in [0.717, 1.165) is 39.0 Å². The number of hydrogen-bond acceptors (Lipinski definition) is 2. The number of ether oxygens (including phenoxy) is 1. The average molecular weight is 233 g/mol. The van der Waals surface area contributed by atoms with E-state index in [1.54, 1.807) is 0 Å². The predicted molar refractivity (Wildman–Crippen MR) is 71.2 cm³/mol. The van der Waals surface area contributed by atoms with Crippen molar-refractivity contribution < 1.29 is 4.74 Å². The van der Waals surface area contributed by atoms with E-state index in [1.165, 1.54) is 16.7 Å². The summed E-state index contributed by atoms with van der Waals surface area (Å²) in [6.45, 7) is 6.84. The number of hydrogen-bond donors (Lipinski definition) is 1. The molecule has 2 rings (SSSR count). The zero-order valence-electron chi connectivity index (χ0n) is 11.0. The number of nitrogens with two attached hydrogens (primary N) is 1. The molecule has 0 aliphatic carbocycles. The van der Waals surface area contributed by atoms with Crippen molar-refractivity contribution in [2.75, 3.05) is 19.8 Å². The molecule has 0 spiro atoms. The molecule has 1 saturated heterocycles. The van der Waals surface area contributed by atoms with Crippen LogP contribution in [0.4, 0.5) is 0 Å². The van der Waals surface area contributed by atoms with Gasteiger partial charge >= 0.3 is 0 Å². The highest BCUT2D eigenvalue weighted by atomic mass is 16.5. The largest absolute Gasteiger partial charge is 0.381 e. The van der Waals surface area contributed by atoms with E-state index in [9.17, 15) is 0 Å². The number of aryl methyl sites for hydroxylation is 2. The van der Waals surface area contributed by atoms with Crippen LogP contribution in [0.25, 0.3) is 0 Å². The highest BCUT2D eigenvalue weighted by Crippen LogP contribution is 2.34. The topological polar surface area (TPSA) is 35.2 Å². The lowest BCUT2D eigenvalue weighted by atomic mass is 9.74. The summed E-state index contributed by atoms with van der Waals surface area (Å²) in [5.41, 5.74) is 10.5. The molecular formula is C15H23NO. The molecule has 0 radical (unpaired) electrons. The fourth-order valence-electron chi connectivity index (χ4n) is 2.65. The van der Waals surface area contributed by atoms with Crippen LogP contribution in [0, 0.1) is 19.3 Å². The SMILES string of the molecule is Cc1ccc(C)c(CC2(CN)CCOCC2)c1. The average Bonchev–Trinajstić information content (AvgIpc) is 2.35. The van der Waals surface area contributed by atoms with E-state index in [1.807, 2.05) is 0 Å². The summed E-state index contributed by atoms with van der Waals surface area (Å²) >= 11 is 0. The van der Waals surface area contributed by atoms with Gasteiger partial charge in [-0.25, -0.2) is 0 Å². The van der Waals surface area contributed by atoms with Gasteiger partial charge in [-0.15, -0.1) is 0 Å². The Morgan fingerprint density at radius 1 is 1.24 bits per heavy atom. The fourth-order valence-corrected chi connectivity index (χ4v) is 2.65.